The van der Waals surface area contributed by atoms with Crippen molar-refractivity contribution in [1.82, 2.24) is 0 Å². The standard InChI is InChI=1S/C19H27NO6/c1-3-4-5-6-13-25-18(21)11-8-12-19(22)26-14-16-9-7-10-17(15(16)2)20(23)24/h7,9-10H,3-6,8,11-14H2,1-2H3. The summed E-state index contributed by atoms with van der Waals surface area (Å²) in [5.74, 6) is -0.740. The van der Waals surface area contributed by atoms with Gasteiger partial charge in [-0.05, 0) is 25.3 Å². The molecule has 144 valence electrons. The molecular formula is C19H27NO6. The zero-order chi connectivity index (χ0) is 19.4. The highest BCUT2D eigenvalue weighted by molar-refractivity contribution is 5.72. The maximum Gasteiger partial charge on any atom is 0.306 e. The fraction of sp³-hybridized carbons (Fsp3) is 0.579. The molecule has 0 aliphatic heterocycles. The van der Waals surface area contributed by atoms with Crippen molar-refractivity contribution >= 4 is 17.6 Å². The van der Waals surface area contributed by atoms with Crippen molar-refractivity contribution in [3.8, 4) is 0 Å². The molecule has 0 radical (unpaired) electrons. The summed E-state index contributed by atoms with van der Waals surface area (Å²) in [6, 6.07) is 4.66. The Morgan fingerprint density at radius 1 is 1.04 bits per heavy atom. The first kappa shape index (κ1) is 21.6. The Hall–Kier alpha value is -2.44. The lowest BCUT2D eigenvalue weighted by Gasteiger charge is -2.08. The Morgan fingerprint density at radius 2 is 1.73 bits per heavy atom. The van der Waals surface area contributed by atoms with Crippen LogP contribution in [-0.2, 0) is 25.7 Å². The van der Waals surface area contributed by atoms with Crippen LogP contribution in [0, 0.1) is 17.0 Å². The molecule has 0 aliphatic rings. The van der Waals surface area contributed by atoms with Gasteiger partial charge >= 0.3 is 11.9 Å². The van der Waals surface area contributed by atoms with Crippen molar-refractivity contribution in [2.24, 2.45) is 0 Å². The molecule has 0 saturated carbocycles. The summed E-state index contributed by atoms with van der Waals surface area (Å²) in [7, 11) is 0. The zero-order valence-electron chi connectivity index (χ0n) is 15.5. The van der Waals surface area contributed by atoms with Crippen LogP contribution in [0.1, 0.15) is 63.0 Å². The first-order valence-electron chi connectivity index (χ1n) is 8.99. The molecule has 1 aromatic carbocycles. The number of hydrogen-bond donors (Lipinski definition) is 0. The minimum absolute atomic E-state index is 0.000214. The Morgan fingerprint density at radius 3 is 2.38 bits per heavy atom. The highest BCUT2D eigenvalue weighted by Gasteiger charge is 2.14. The number of rotatable bonds is 12. The van der Waals surface area contributed by atoms with E-state index in [1.165, 1.54) is 6.07 Å². The van der Waals surface area contributed by atoms with Gasteiger partial charge in [-0.2, -0.15) is 0 Å². The SMILES string of the molecule is CCCCCCOC(=O)CCCC(=O)OCc1cccc([N+](=O)[O-])c1C. The second-order valence-electron chi connectivity index (χ2n) is 6.11. The van der Waals surface area contributed by atoms with Gasteiger partial charge in [0.2, 0.25) is 0 Å². The minimum Gasteiger partial charge on any atom is -0.466 e. The smallest absolute Gasteiger partial charge is 0.306 e. The topological polar surface area (TPSA) is 95.7 Å². The molecule has 0 bridgehead atoms. The maximum absolute atomic E-state index is 11.8. The maximum atomic E-state index is 11.8. The molecule has 0 spiro atoms. The average Bonchev–Trinajstić information content (AvgIpc) is 2.60. The van der Waals surface area contributed by atoms with Crippen molar-refractivity contribution in [3.63, 3.8) is 0 Å². The number of carbonyl (C=O) groups is 2. The van der Waals surface area contributed by atoms with E-state index in [1.54, 1.807) is 19.1 Å². The molecule has 0 aliphatic carbocycles. The molecule has 7 heteroatoms. The van der Waals surface area contributed by atoms with Gasteiger partial charge in [0.05, 0.1) is 11.5 Å². The van der Waals surface area contributed by atoms with Crippen molar-refractivity contribution in [3.05, 3.63) is 39.4 Å². The fourth-order valence-electron chi connectivity index (χ4n) is 2.42. The third kappa shape index (κ3) is 8.09. The monoisotopic (exact) mass is 365 g/mol. The molecule has 1 rings (SSSR count). The molecule has 1 aromatic rings. The Labute approximate surface area is 153 Å². The second kappa shape index (κ2) is 12.0. The number of nitro groups is 1. The minimum atomic E-state index is -0.464. The number of hydrogen-bond acceptors (Lipinski definition) is 6. The highest BCUT2D eigenvalue weighted by atomic mass is 16.6. The van der Waals surface area contributed by atoms with Gasteiger partial charge in [-0.3, -0.25) is 19.7 Å². The summed E-state index contributed by atoms with van der Waals surface area (Å²) in [6.45, 7) is 4.15. The molecule has 0 fully saturated rings. The number of ether oxygens (including phenoxy) is 2. The van der Waals surface area contributed by atoms with E-state index in [-0.39, 0.29) is 31.1 Å². The van der Waals surface area contributed by atoms with Gasteiger partial charge in [-0.1, -0.05) is 38.3 Å². The quantitative estimate of drug-likeness (QED) is 0.238. The van der Waals surface area contributed by atoms with E-state index < -0.39 is 10.9 Å². The van der Waals surface area contributed by atoms with Crippen molar-refractivity contribution in [2.75, 3.05) is 6.61 Å². The normalized spacial score (nSPS) is 10.4. The van der Waals surface area contributed by atoms with Gasteiger partial charge < -0.3 is 9.47 Å². The third-order valence-electron chi connectivity index (χ3n) is 4.03. The molecule has 0 saturated heterocycles. The Kier molecular flexibility index (Phi) is 9.97. The van der Waals surface area contributed by atoms with Crippen LogP contribution in [0.15, 0.2) is 18.2 Å². The van der Waals surface area contributed by atoms with Crippen LogP contribution in [0.4, 0.5) is 5.69 Å². The number of carbonyl (C=O) groups excluding carboxylic acids is 2. The molecule has 0 amide bonds. The van der Waals surface area contributed by atoms with Crippen molar-refractivity contribution in [2.45, 2.75) is 65.4 Å². The summed E-state index contributed by atoms with van der Waals surface area (Å²) >= 11 is 0. The Bertz CT molecular complexity index is 614. The second-order valence-corrected chi connectivity index (χ2v) is 6.11. The summed E-state index contributed by atoms with van der Waals surface area (Å²) in [4.78, 5) is 33.7. The molecule has 0 atom stereocenters. The summed E-state index contributed by atoms with van der Waals surface area (Å²) in [6.07, 6.45) is 4.83. The molecule has 26 heavy (non-hydrogen) atoms. The lowest BCUT2D eigenvalue weighted by atomic mass is 10.1. The molecule has 0 unspecified atom stereocenters. The van der Waals surface area contributed by atoms with Crippen LogP contribution in [0.5, 0.6) is 0 Å². The van der Waals surface area contributed by atoms with E-state index in [4.69, 9.17) is 9.47 Å². The molecule has 0 heterocycles. The van der Waals surface area contributed by atoms with Gasteiger partial charge in [-0.15, -0.1) is 0 Å². The molecular weight excluding hydrogens is 338 g/mol. The van der Waals surface area contributed by atoms with Gasteiger partial charge in [0.15, 0.2) is 0 Å². The summed E-state index contributed by atoms with van der Waals surface area (Å²) in [5, 5.41) is 10.9. The lowest BCUT2D eigenvalue weighted by Crippen LogP contribution is -2.09. The van der Waals surface area contributed by atoms with Crippen LogP contribution in [0.3, 0.4) is 0 Å². The average molecular weight is 365 g/mol. The van der Waals surface area contributed by atoms with Crippen LogP contribution >= 0.6 is 0 Å². The first-order chi connectivity index (χ1) is 12.5. The number of unbranched alkanes of at least 4 members (excludes halogenated alkanes) is 3. The summed E-state index contributed by atoms with van der Waals surface area (Å²) < 4.78 is 10.2. The van der Waals surface area contributed by atoms with Gasteiger partial charge in [-0.25, -0.2) is 0 Å². The van der Waals surface area contributed by atoms with Gasteiger partial charge in [0.1, 0.15) is 6.61 Å². The number of nitrogens with zero attached hydrogens (tertiary/aromatic N) is 1. The zero-order valence-corrected chi connectivity index (χ0v) is 15.5. The van der Waals surface area contributed by atoms with Crippen LogP contribution in [0.25, 0.3) is 0 Å². The van der Waals surface area contributed by atoms with Crippen molar-refractivity contribution < 1.29 is 24.0 Å². The molecule has 0 N–H and O–H groups in total. The predicted octanol–water partition coefficient (Wildman–Crippen LogP) is 4.24. The van der Waals surface area contributed by atoms with E-state index in [9.17, 15) is 19.7 Å². The van der Waals surface area contributed by atoms with E-state index in [0.29, 0.717) is 24.2 Å². The predicted molar refractivity (Wildman–Crippen MR) is 96.6 cm³/mol. The van der Waals surface area contributed by atoms with E-state index in [2.05, 4.69) is 6.92 Å². The van der Waals surface area contributed by atoms with Crippen LogP contribution < -0.4 is 0 Å². The van der Waals surface area contributed by atoms with E-state index >= 15 is 0 Å². The first-order valence-corrected chi connectivity index (χ1v) is 8.99. The molecule has 0 aromatic heterocycles. The largest absolute Gasteiger partial charge is 0.466 e. The third-order valence-corrected chi connectivity index (χ3v) is 4.03. The van der Waals surface area contributed by atoms with Gasteiger partial charge in [0.25, 0.3) is 5.69 Å². The van der Waals surface area contributed by atoms with Gasteiger partial charge in [0, 0.05) is 24.5 Å². The van der Waals surface area contributed by atoms with E-state index in [1.807, 2.05) is 0 Å². The number of esters is 2. The Balaban J connectivity index is 2.24. The summed E-state index contributed by atoms with van der Waals surface area (Å²) in [5.41, 5.74) is 1.08. The van der Waals surface area contributed by atoms with E-state index in [0.717, 1.165) is 25.7 Å². The number of nitro benzene ring substituents is 1. The fourth-order valence-corrected chi connectivity index (χ4v) is 2.42. The molecule has 7 nitrogen and oxygen atoms in total. The van der Waals surface area contributed by atoms with Crippen molar-refractivity contribution in [1.29, 1.82) is 0 Å². The van der Waals surface area contributed by atoms with Crippen LogP contribution in [0.2, 0.25) is 0 Å². The highest BCUT2D eigenvalue weighted by Crippen LogP contribution is 2.21. The lowest BCUT2D eigenvalue weighted by molar-refractivity contribution is -0.385. The van der Waals surface area contributed by atoms with Crippen LogP contribution in [-0.4, -0.2) is 23.5 Å². The number of benzene rings is 1.